The molecule has 1 aliphatic rings. The lowest BCUT2D eigenvalue weighted by Crippen LogP contribution is -2.17. The van der Waals surface area contributed by atoms with Crippen LogP contribution in [-0.4, -0.2) is 24.7 Å². The van der Waals surface area contributed by atoms with Gasteiger partial charge in [0.2, 0.25) is 0 Å². The molecule has 1 fully saturated rings. The third-order valence-corrected chi connectivity index (χ3v) is 5.23. The summed E-state index contributed by atoms with van der Waals surface area (Å²) >= 11 is 0. The number of nitriles is 1. The number of hydrogen-bond acceptors (Lipinski definition) is 5. The van der Waals surface area contributed by atoms with E-state index in [0.717, 1.165) is 27.9 Å². The smallest absolute Gasteiger partial charge is 0.141 e. The third kappa shape index (κ3) is 2.79. The number of rotatable bonds is 5. The number of fused-ring (bicyclic) bond motifs is 1. The van der Waals surface area contributed by atoms with E-state index >= 15 is 0 Å². The maximum absolute atomic E-state index is 9.23. The minimum absolute atomic E-state index is 0.138. The summed E-state index contributed by atoms with van der Waals surface area (Å²) in [7, 11) is 0. The van der Waals surface area contributed by atoms with Crippen LogP contribution in [0.2, 0.25) is 0 Å². The predicted molar refractivity (Wildman–Crippen MR) is 94.2 cm³/mol. The highest BCUT2D eigenvalue weighted by Crippen LogP contribution is 2.37. The lowest BCUT2D eigenvalue weighted by molar-refractivity contribution is 0.315. The fourth-order valence-electron chi connectivity index (χ4n) is 3.96. The first kappa shape index (κ1) is 15.8. The standard InChI is InChI=1S/C18H21N7/c19-6-5-15(12-3-1-2-4-12)25-10-14(9-24-25)17-16-13(7-20)8-21-18(16)23-11-22-17/h8-12,15H,1-5,7,20H2,(H,21,22,23)/t15-/m1/s1. The molecule has 7 heteroatoms. The van der Waals surface area contributed by atoms with Crippen LogP contribution in [0.4, 0.5) is 0 Å². The lowest BCUT2D eigenvalue weighted by atomic mass is 9.96. The first-order valence-corrected chi connectivity index (χ1v) is 8.74. The van der Waals surface area contributed by atoms with Gasteiger partial charge >= 0.3 is 0 Å². The van der Waals surface area contributed by atoms with Gasteiger partial charge in [-0.3, -0.25) is 4.68 Å². The average Bonchev–Trinajstić information content (AvgIpc) is 3.39. The summed E-state index contributed by atoms with van der Waals surface area (Å²) in [6, 6.07) is 2.47. The minimum atomic E-state index is 0.138. The Kier molecular flexibility index (Phi) is 4.20. The zero-order valence-electron chi connectivity index (χ0n) is 14.0. The van der Waals surface area contributed by atoms with E-state index in [-0.39, 0.29) is 6.04 Å². The molecule has 0 bridgehead atoms. The second-order valence-electron chi connectivity index (χ2n) is 6.65. The van der Waals surface area contributed by atoms with Crippen LogP contribution in [0.5, 0.6) is 0 Å². The molecule has 3 heterocycles. The van der Waals surface area contributed by atoms with E-state index in [1.807, 2.05) is 23.3 Å². The van der Waals surface area contributed by atoms with Gasteiger partial charge in [0.05, 0.1) is 30.4 Å². The van der Waals surface area contributed by atoms with Gasteiger partial charge in [-0.05, 0) is 24.3 Å². The van der Waals surface area contributed by atoms with Gasteiger partial charge in [0, 0.05) is 29.9 Å². The highest BCUT2D eigenvalue weighted by atomic mass is 15.3. The van der Waals surface area contributed by atoms with Crippen molar-refractivity contribution in [1.82, 2.24) is 24.7 Å². The molecule has 1 aliphatic carbocycles. The summed E-state index contributed by atoms with van der Waals surface area (Å²) in [6.45, 7) is 0.424. The van der Waals surface area contributed by atoms with Crippen molar-refractivity contribution in [2.45, 2.75) is 44.7 Å². The molecule has 1 saturated carbocycles. The second kappa shape index (κ2) is 6.65. The third-order valence-electron chi connectivity index (χ3n) is 5.23. The highest BCUT2D eigenvalue weighted by Gasteiger charge is 2.27. The van der Waals surface area contributed by atoms with Gasteiger partial charge in [0.1, 0.15) is 12.0 Å². The molecular weight excluding hydrogens is 314 g/mol. The van der Waals surface area contributed by atoms with Crippen LogP contribution in [0.3, 0.4) is 0 Å². The zero-order valence-corrected chi connectivity index (χ0v) is 14.0. The maximum atomic E-state index is 9.23. The van der Waals surface area contributed by atoms with Gasteiger partial charge in [-0.15, -0.1) is 0 Å². The summed E-state index contributed by atoms with van der Waals surface area (Å²) in [5.41, 5.74) is 9.39. The summed E-state index contributed by atoms with van der Waals surface area (Å²) in [5.74, 6) is 0.532. The normalized spacial score (nSPS) is 16.3. The molecule has 3 aromatic rings. The molecule has 4 rings (SSSR count). The van der Waals surface area contributed by atoms with E-state index in [2.05, 4.69) is 26.1 Å². The van der Waals surface area contributed by atoms with Crippen LogP contribution in [0.15, 0.2) is 24.9 Å². The molecule has 0 aromatic carbocycles. The Morgan fingerprint density at radius 2 is 2.20 bits per heavy atom. The van der Waals surface area contributed by atoms with E-state index in [4.69, 9.17) is 5.73 Å². The van der Waals surface area contributed by atoms with Gasteiger partial charge in [0.25, 0.3) is 0 Å². The summed E-state index contributed by atoms with van der Waals surface area (Å²) in [5, 5.41) is 14.7. The molecule has 0 radical (unpaired) electrons. The van der Waals surface area contributed by atoms with Crippen LogP contribution < -0.4 is 5.73 Å². The quantitative estimate of drug-likeness (QED) is 0.745. The van der Waals surface area contributed by atoms with E-state index < -0.39 is 0 Å². The van der Waals surface area contributed by atoms with Gasteiger partial charge in [-0.2, -0.15) is 10.4 Å². The number of aromatic nitrogens is 5. The molecule has 7 nitrogen and oxygen atoms in total. The summed E-state index contributed by atoms with van der Waals surface area (Å²) in [4.78, 5) is 11.9. The van der Waals surface area contributed by atoms with Gasteiger partial charge in [-0.25, -0.2) is 9.97 Å². The van der Waals surface area contributed by atoms with Crippen molar-refractivity contribution < 1.29 is 0 Å². The van der Waals surface area contributed by atoms with Crippen molar-refractivity contribution in [3.05, 3.63) is 30.5 Å². The Morgan fingerprint density at radius 3 is 2.96 bits per heavy atom. The fourth-order valence-corrected chi connectivity index (χ4v) is 3.96. The summed E-state index contributed by atoms with van der Waals surface area (Å²) < 4.78 is 1.96. The fraction of sp³-hybridized carbons (Fsp3) is 0.444. The number of aromatic amines is 1. The number of nitrogens with one attached hydrogen (secondary N) is 1. The first-order valence-electron chi connectivity index (χ1n) is 8.74. The summed E-state index contributed by atoms with van der Waals surface area (Å²) in [6.07, 6.45) is 12.6. The molecule has 0 unspecified atom stereocenters. The van der Waals surface area contributed by atoms with Crippen molar-refractivity contribution in [1.29, 1.82) is 5.26 Å². The largest absolute Gasteiger partial charge is 0.346 e. The highest BCUT2D eigenvalue weighted by molar-refractivity contribution is 5.93. The molecule has 0 spiro atoms. The first-order chi connectivity index (χ1) is 12.3. The number of nitrogens with two attached hydrogens (primary N) is 1. The second-order valence-corrected chi connectivity index (χ2v) is 6.65. The molecule has 25 heavy (non-hydrogen) atoms. The van der Waals surface area contributed by atoms with Gasteiger partial charge in [-0.1, -0.05) is 12.8 Å². The van der Waals surface area contributed by atoms with Crippen LogP contribution in [0.1, 0.15) is 43.7 Å². The molecule has 3 N–H and O–H groups in total. The molecule has 0 aliphatic heterocycles. The van der Waals surface area contributed by atoms with Crippen molar-refractivity contribution in [3.8, 4) is 17.3 Å². The van der Waals surface area contributed by atoms with Crippen molar-refractivity contribution >= 4 is 11.0 Å². The van der Waals surface area contributed by atoms with Crippen LogP contribution in [-0.2, 0) is 6.54 Å². The average molecular weight is 335 g/mol. The van der Waals surface area contributed by atoms with Crippen molar-refractivity contribution in [3.63, 3.8) is 0 Å². The Bertz CT molecular complexity index is 911. The van der Waals surface area contributed by atoms with Crippen LogP contribution in [0, 0.1) is 17.2 Å². The molecule has 1 atom stereocenters. The SMILES string of the molecule is N#CC[C@H](C1CCCC1)n1cc(-c2ncnc3[nH]cc(CN)c23)cn1. The number of nitrogens with zero attached hydrogens (tertiary/aromatic N) is 5. The maximum Gasteiger partial charge on any atom is 0.141 e. The lowest BCUT2D eigenvalue weighted by Gasteiger charge is -2.21. The predicted octanol–water partition coefficient (Wildman–Crippen LogP) is 2.93. The van der Waals surface area contributed by atoms with Crippen LogP contribution in [0.25, 0.3) is 22.3 Å². The van der Waals surface area contributed by atoms with Gasteiger partial charge in [0.15, 0.2) is 0 Å². The molecule has 0 amide bonds. The number of H-pyrrole nitrogens is 1. The zero-order chi connectivity index (χ0) is 17.2. The molecule has 128 valence electrons. The van der Waals surface area contributed by atoms with E-state index in [1.54, 1.807) is 6.33 Å². The van der Waals surface area contributed by atoms with Crippen molar-refractivity contribution in [2.75, 3.05) is 0 Å². The van der Waals surface area contributed by atoms with Crippen LogP contribution >= 0.6 is 0 Å². The number of hydrogen-bond donors (Lipinski definition) is 2. The Morgan fingerprint density at radius 1 is 1.36 bits per heavy atom. The Hall–Kier alpha value is -2.72. The van der Waals surface area contributed by atoms with E-state index in [9.17, 15) is 5.26 Å². The minimum Gasteiger partial charge on any atom is -0.346 e. The van der Waals surface area contributed by atoms with Gasteiger partial charge < -0.3 is 10.7 Å². The Balaban J connectivity index is 1.74. The van der Waals surface area contributed by atoms with Crippen molar-refractivity contribution in [2.24, 2.45) is 11.7 Å². The van der Waals surface area contributed by atoms with E-state index in [1.165, 1.54) is 25.7 Å². The monoisotopic (exact) mass is 335 g/mol. The Labute approximate surface area is 145 Å². The molecule has 0 saturated heterocycles. The topological polar surface area (TPSA) is 109 Å². The van der Waals surface area contributed by atoms with E-state index in [0.29, 0.717) is 18.9 Å². The molecule has 3 aromatic heterocycles. The molecular formula is C18H21N7.